The molecule has 0 aliphatic carbocycles. The van der Waals surface area contributed by atoms with Crippen LogP contribution in [-0.2, 0) is 0 Å². The summed E-state index contributed by atoms with van der Waals surface area (Å²) in [6.45, 7) is 0. The quantitative estimate of drug-likeness (QED) is 0.169. The minimum Gasteiger partial charge on any atom is -0.455 e. The molecular weight excluding hydrogens is 749 g/mol. The standard InChI is InChI=1S/C56H34N2OS/c1-3-14-35(15-4-1)41-32-42(36-16-5-2-6-17-36)34-43(33-41)39-20-11-18-37(30-39)38-19-12-21-40(31-38)56-57-52(49-25-13-24-46-44-22-7-9-26-50(44)59-54(46)49)48-29-28-47-45-23-8-10-27-51(45)60-55(47)53(48)58-56/h1-34H. The van der Waals surface area contributed by atoms with E-state index in [9.17, 15) is 0 Å². The number of hydrogen-bond acceptors (Lipinski definition) is 4. The summed E-state index contributed by atoms with van der Waals surface area (Å²) in [4.78, 5) is 10.9. The predicted octanol–water partition coefficient (Wildman–Crippen LogP) is 15.9. The van der Waals surface area contributed by atoms with Gasteiger partial charge < -0.3 is 4.42 Å². The molecule has 0 saturated heterocycles. The lowest BCUT2D eigenvalue weighted by Gasteiger charge is -2.13. The third-order valence-corrected chi connectivity index (χ3v) is 12.9. The van der Waals surface area contributed by atoms with E-state index in [4.69, 9.17) is 14.4 Å². The van der Waals surface area contributed by atoms with Gasteiger partial charge in [0.05, 0.1) is 15.9 Å². The van der Waals surface area contributed by atoms with E-state index in [2.05, 4.69) is 194 Å². The summed E-state index contributed by atoms with van der Waals surface area (Å²) in [6, 6.07) is 73.3. The summed E-state index contributed by atoms with van der Waals surface area (Å²) in [5.41, 5.74) is 14.7. The summed E-state index contributed by atoms with van der Waals surface area (Å²) in [5.74, 6) is 0.677. The molecule has 0 radical (unpaired) electrons. The van der Waals surface area contributed by atoms with E-state index in [1.807, 2.05) is 12.1 Å². The fourth-order valence-corrected chi connectivity index (χ4v) is 9.94. The maximum absolute atomic E-state index is 6.60. The first-order chi connectivity index (χ1) is 29.7. The topological polar surface area (TPSA) is 38.9 Å². The van der Waals surface area contributed by atoms with Gasteiger partial charge in [0.1, 0.15) is 11.2 Å². The molecule has 3 nitrogen and oxygen atoms in total. The van der Waals surface area contributed by atoms with Crippen LogP contribution in [0.25, 0.3) is 120 Å². The number of aromatic nitrogens is 2. The number of hydrogen-bond donors (Lipinski definition) is 0. The molecule has 0 fully saturated rings. The number of thiophene rings is 1. The number of benzene rings is 9. The van der Waals surface area contributed by atoms with Gasteiger partial charge >= 0.3 is 0 Å². The summed E-state index contributed by atoms with van der Waals surface area (Å²) in [6.07, 6.45) is 0. The SMILES string of the molecule is c1ccc(-c2cc(-c3ccccc3)cc(-c3cccc(-c4cccc(-c5nc(-c6cccc7c6oc6ccccc67)c6ccc7c8ccccc8sc7c6n5)c4)c3)c2)cc1. The molecule has 0 unspecified atom stereocenters. The van der Waals surface area contributed by atoms with E-state index < -0.39 is 0 Å². The molecule has 280 valence electrons. The highest BCUT2D eigenvalue weighted by Crippen LogP contribution is 2.43. The van der Waals surface area contributed by atoms with Crippen molar-refractivity contribution < 1.29 is 4.42 Å². The van der Waals surface area contributed by atoms with Crippen molar-refractivity contribution in [3.05, 3.63) is 206 Å². The lowest BCUT2D eigenvalue weighted by atomic mass is 9.92. The third kappa shape index (κ3) is 5.80. The first kappa shape index (κ1) is 34.4. The molecule has 3 aromatic heterocycles. The van der Waals surface area contributed by atoms with Crippen molar-refractivity contribution >= 4 is 64.4 Å². The molecule has 0 amide bonds. The monoisotopic (exact) mass is 782 g/mol. The van der Waals surface area contributed by atoms with Gasteiger partial charge in [0, 0.05) is 42.8 Å². The number of furan rings is 1. The molecule has 0 bridgehead atoms. The Bertz CT molecular complexity index is 3550. The minimum absolute atomic E-state index is 0.677. The van der Waals surface area contributed by atoms with Crippen molar-refractivity contribution in [1.29, 1.82) is 0 Å². The fraction of sp³-hybridized carbons (Fsp3) is 0. The smallest absolute Gasteiger partial charge is 0.160 e. The van der Waals surface area contributed by atoms with E-state index in [1.165, 1.54) is 43.3 Å². The molecule has 0 saturated carbocycles. The van der Waals surface area contributed by atoms with Gasteiger partial charge in [-0.25, -0.2) is 9.97 Å². The van der Waals surface area contributed by atoms with Crippen molar-refractivity contribution in [3.63, 3.8) is 0 Å². The van der Waals surface area contributed by atoms with Crippen LogP contribution in [0.2, 0.25) is 0 Å². The molecule has 0 atom stereocenters. The maximum atomic E-state index is 6.60. The van der Waals surface area contributed by atoms with Crippen LogP contribution in [0.4, 0.5) is 0 Å². The Morgan fingerprint density at radius 2 is 0.867 bits per heavy atom. The van der Waals surface area contributed by atoms with Gasteiger partial charge in [0.25, 0.3) is 0 Å². The van der Waals surface area contributed by atoms with E-state index in [0.29, 0.717) is 5.82 Å². The Balaban J connectivity index is 1.02. The van der Waals surface area contributed by atoms with Crippen molar-refractivity contribution in [2.24, 2.45) is 0 Å². The second kappa shape index (κ2) is 14.0. The van der Waals surface area contributed by atoms with E-state index >= 15 is 0 Å². The van der Waals surface area contributed by atoms with Crippen LogP contribution >= 0.6 is 11.3 Å². The molecule has 12 rings (SSSR count). The van der Waals surface area contributed by atoms with Gasteiger partial charge in [-0.15, -0.1) is 11.3 Å². The molecule has 0 spiro atoms. The minimum atomic E-state index is 0.677. The zero-order chi connectivity index (χ0) is 39.6. The van der Waals surface area contributed by atoms with Gasteiger partial charge in [-0.3, -0.25) is 0 Å². The average molecular weight is 783 g/mol. The summed E-state index contributed by atoms with van der Waals surface area (Å²) in [5, 5.41) is 5.62. The molecule has 0 aliphatic rings. The number of para-hydroxylation sites is 2. The lowest BCUT2D eigenvalue weighted by molar-refractivity contribution is 0.670. The van der Waals surface area contributed by atoms with Crippen molar-refractivity contribution in [3.8, 4) is 67.2 Å². The highest BCUT2D eigenvalue weighted by Gasteiger charge is 2.20. The second-order valence-corrected chi connectivity index (χ2v) is 16.4. The number of nitrogens with zero attached hydrogens (tertiary/aromatic N) is 2. The van der Waals surface area contributed by atoms with Crippen LogP contribution in [0, 0.1) is 0 Å². The van der Waals surface area contributed by atoms with Crippen LogP contribution in [0.5, 0.6) is 0 Å². The Labute approximate surface area is 350 Å². The van der Waals surface area contributed by atoms with Crippen LogP contribution in [0.1, 0.15) is 0 Å². The van der Waals surface area contributed by atoms with Gasteiger partial charge in [0.2, 0.25) is 0 Å². The van der Waals surface area contributed by atoms with Crippen molar-refractivity contribution in [2.75, 3.05) is 0 Å². The third-order valence-electron chi connectivity index (χ3n) is 11.7. The van der Waals surface area contributed by atoms with E-state index in [0.717, 1.165) is 71.1 Å². The summed E-state index contributed by atoms with van der Waals surface area (Å²) >= 11 is 1.79. The number of fused-ring (bicyclic) bond motifs is 8. The Kier molecular flexibility index (Phi) is 8.03. The Hall–Kier alpha value is -7.66. The average Bonchev–Trinajstić information content (AvgIpc) is 3.91. The van der Waals surface area contributed by atoms with Crippen LogP contribution in [0.3, 0.4) is 0 Å². The van der Waals surface area contributed by atoms with Gasteiger partial charge in [-0.1, -0.05) is 152 Å². The highest BCUT2D eigenvalue weighted by atomic mass is 32.1. The molecule has 12 aromatic rings. The van der Waals surface area contributed by atoms with Gasteiger partial charge in [-0.05, 0) is 99.1 Å². The summed E-state index contributed by atoms with van der Waals surface area (Å²) in [7, 11) is 0. The zero-order valence-electron chi connectivity index (χ0n) is 32.3. The first-order valence-electron chi connectivity index (χ1n) is 20.2. The molecule has 0 aliphatic heterocycles. The number of rotatable bonds is 6. The molecular formula is C56H34N2OS. The van der Waals surface area contributed by atoms with Crippen molar-refractivity contribution in [1.82, 2.24) is 9.97 Å². The first-order valence-corrected chi connectivity index (χ1v) is 21.0. The van der Waals surface area contributed by atoms with Crippen LogP contribution < -0.4 is 0 Å². The fourth-order valence-electron chi connectivity index (χ4n) is 8.75. The Morgan fingerprint density at radius 1 is 0.350 bits per heavy atom. The van der Waals surface area contributed by atoms with Crippen molar-refractivity contribution in [2.45, 2.75) is 0 Å². The van der Waals surface area contributed by atoms with E-state index in [-0.39, 0.29) is 0 Å². The molecule has 3 heterocycles. The van der Waals surface area contributed by atoms with Gasteiger partial charge in [-0.2, -0.15) is 0 Å². The molecule has 4 heteroatoms. The molecule has 0 N–H and O–H groups in total. The van der Waals surface area contributed by atoms with Crippen LogP contribution in [0.15, 0.2) is 211 Å². The molecule has 60 heavy (non-hydrogen) atoms. The predicted molar refractivity (Wildman–Crippen MR) is 252 cm³/mol. The normalized spacial score (nSPS) is 11.7. The summed E-state index contributed by atoms with van der Waals surface area (Å²) < 4.78 is 9.00. The lowest BCUT2D eigenvalue weighted by Crippen LogP contribution is -1.96. The van der Waals surface area contributed by atoms with E-state index in [1.54, 1.807) is 11.3 Å². The largest absolute Gasteiger partial charge is 0.455 e. The maximum Gasteiger partial charge on any atom is 0.160 e. The highest BCUT2D eigenvalue weighted by molar-refractivity contribution is 7.26. The zero-order valence-corrected chi connectivity index (χ0v) is 33.2. The second-order valence-electron chi connectivity index (χ2n) is 15.3. The van der Waals surface area contributed by atoms with Crippen LogP contribution in [-0.4, -0.2) is 9.97 Å². The Morgan fingerprint density at radius 3 is 1.60 bits per heavy atom. The molecule has 9 aromatic carbocycles. The van der Waals surface area contributed by atoms with Gasteiger partial charge in [0.15, 0.2) is 5.82 Å².